The molecule has 2 aliphatic carbocycles. The monoisotopic (exact) mass is 209 g/mol. The molecule has 0 aromatic carbocycles. The molecule has 3 rings (SSSR count). The van der Waals surface area contributed by atoms with E-state index in [4.69, 9.17) is 0 Å². The highest BCUT2D eigenvalue weighted by molar-refractivity contribution is 4.96. The predicted octanol–water partition coefficient (Wildman–Crippen LogP) is 2.02. The molecule has 1 heterocycles. The summed E-state index contributed by atoms with van der Waals surface area (Å²) >= 11 is 0. The molecule has 3 fully saturated rings. The molecule has 15 heavy (non-hydrogen) atoms. The lowest BCUT2D eigenvalue weighted by atomic mass is 9.71. The van der Waals surface area contributed by atoms with E-state index in [-0.39, 0.29) is 5.60 Å². The summed E-state index contributed by atoms with van der Waals surface area (Å²) in [6, 6.07) is 0. The van der Waals surface area contributed by atoms with Gasteiger partial charge < -0.3 is 10.0 Å². The smallest absolute Gasteiger partial charge is 0.0700 e. The number of nitrogens with zero attached hydrogens (tertiary/aromatic N) is 1. The molecule has 0 aromatic rings. The van der Waals surface area contributed by atoms with Crippen LogP contribution in [0.15, 0.2) is 0 Å². The molecule has 2 heteroatoms. The van der Waals surface area contributed by atoms with Gasteiger partial charge in [-0.2, -0.15) is 0 Å². The fraction of sp³-hybridized carbons (Fsp3) is 1.00. The average molecular weight is 209 g/mol. The molecule has 2 unspecified atom stereocenters. The number of likely N-dealkylation sites (tertiary alicyclic amines) is 1. The van der Waals surface area contributed by atoms with Crippen molar-refractivity contribution in [3.63, 3.8) is 0 Å². The quantitative estimate of drug-likeness (QED) is 0.752. The van der Waals surface area contributed by atoms with Crippen LogP contribution in [0.5, 0.6) is 0 Å². The standard InChI is InChI=1S/C13H23NO/c15-13-6-2-1-3-12(13)10-14(8-7-13)9-11-4-5-11/h11-12,15H,1-10H2. The topological polar surface area (TPSA) is 23.5 Å². The number of hydrogen-bond donors (Lipinski definition) is 1. The van der Waals surface area contributed by atoms with Crippen LogP contribution in [0.2, 0.25) is 0 Å². The summed E-state index contributed by atoms with van der Waals surface area (Å²) in [7, 11) is 0. The van der Waals surface area contributed by atoms with Crippen molar-refractivity contribution in [1.29, 1.82) is 0 Å². The van der Waals surface area contributed by atoms with E-state index in [1.165, 1.54) is 45.2 Å². The van der Waals surface area contributed by atoms with Crippen molar-refractivity contribution in [2.45, 2.75) is 50.5 Å². The number of rotatable bonds is 2. The molecule has 2 saturated carbocycles. The fourth-order valence-corrected chi connectivity index (χ4v) is 3.47. The van der Waals surface area contributed by atoms with Gasteiger partial charge >= 0.3 is 0 Å². The van der Waals surface area contributed by atoms with E-state index in [9.17, 15) is 5.11 Å². The number of piperidine rings is 1. The molecule has 0 radical (unpaired) electrons. The summed E-state index contributed by atoms with van der Waals surface area (Å²) in [5.41, 5.74) is -0.279. The highest BCUT2D eigenvalue weighted by atomic mass is 16.3. The molecular formula is C13H23NO. The van der Waals surface area contributed by atoms with Gasteiger partial charge in [-0.15, -0.1) is 0 Å². The van der Waals surface area contributed by atoms with Crippen LogP contribution in [-0.4, -0.2) is 35.2 Å². The van der Waals surface area contributed by atoms with E-state index in [1.807, 2.05) is 0 Å². The number of hydrogen-bond acceptors (Lipinski definition) is 2. The van der Waals surface area contributed by atoms with Gasteiger partial charge in [-0.05, 0) is 38.0 Å². The lowest BCUT2D eigenvalue weighted by molar-refractivity contribution is -0.0958. The summed E-state index contributed by atoms with van der Waals surface area (Å²) in [4.78, 5) is 2.61. The second kappa shape index (κ2) is 3.74. The summed E-state index contributed by atoms with van der Waals surface area (Å²) in [5, 5.41) is 10.5. The van der Waals surface area contributed by atoms with Gasteiger partial charge in [0, 0.05) is 25.6 Å². The lowest BCUT2D eigenvalue weighted by Gasteiger charge is -2.47. The highest BCUT2D eigenvalue weighted by Gasteiger charge is 2.43. The maximum atomic E-state index is 10.5. The minimum absolute atomic E-state index is 0.279. The Morgan fingerprint density at radius 1 is 1.13 bits per heavy atom. The third kappa shape index (κ3) is 2.07. The Morgan fingerprint density at radius 3 is 2.80 bits per heavy atom. The third-order valence-corrected chi connectivity index (χ3v) is 4.73. The number of aliphatic hydroxyl groups is 1. The van der Waals surface area contributed by atoms with Crippen molar-refractivity contribution < 1.29 is 5.11 Å². The summed E-state index contributed by atoms with van der Waals surface area (Å²) < 4.78 is 0. The molecule has 2 atom stereocenters. The summed E-state index contributed by atoms with van der Waals surface area (Å²) in [5.74, 6) is 1.58. The van der Waals surface area contributed by atoms with Gasteiger partial charge in [-0.25, -0.2) is 0 Å². The van der Waals surface area contributed by atoms with Gasteiger partial charge in [0.15, 0.2) is 0 Å². The maximum Gasteiger partial charge on any atom is 0.0700 e. The zero-order chi connectivity index (χ0) is 10.3. The first-order valence-electron chi connectivity index (χ1n) is 6.71. The second-order valence-corrected chi connectivity index (χ2v) is 6.00. The van der Waals surface area contributed by atoms with Gasteiger partial charge in [0.25, 0.3) is 0 Å². The van der Waals surface area contributed by atoms with Crippen LogP contribution in [0.25, 0.3) is 0 Å². The Bertz CT molecular complexity index is 239. The molecule has 2 nitrogen and oxygen atoms in total. The lowest BCUT2D eigenvalue weighted by Crippen LogP contribution is -2.53. The van der Waals surface area contributed by atoms with E-state index in [2.05, 4.69) is 4.90 Å². The normalized spacial score (nSPS) is 42.6. The van der Waals surface area contributed by atoms with Crippen molar-refractivity contribution >= 4 is 0 Å². The number of fused-ring (bicyclic) bond motifs is 1. The Morgan fingerprint density at radius 2 is 2.00 bits per heavy atom. The Hall–Kier alpha value is -0.0800. The third-order valence-electron chi connectivity index (χ3n) is 4.73. The minimum Gasteiger partial charge on any atom is -0.390 e. The largest absolute Gasteiger partial charge is 0.390 e. The Labute approximate surface area is 92.7 Å². The van der Waals surface area contributed by atoms with Crippen LogP contribution < -0.4 is 0 Å². The average Bonchev–Trinajstić information content (AvgIpc) is 3.02. The molecule has 0 bridgehead atoms. The molecule has 86 valence electrons. The fourth-order valence-electron chi connectivity index (χ4n) is 3.47. The minimum atomic E-state index is -0.279. The first kappa shape index (κ1) is 10.1. The second-order valence-electron chi connectivity index (χ2n) is 6.00. The van der Waals surface area contributed by atoms with Gasteiger partial charge in [-0.3, -0.25) is 0 Å². The van der Waals surface area contributed by atoms with Gasteiger partial charge in [0.05, 0.1) is 5.60 Å². The van der Waals surface area contributed by atoms with Crippen molar-refractivity contribution in [2.24, 2.45) is 11.8 Å². The molecule has 1 saturated heterocycles. The summed E-state index contributed by atoms with van der Waals surface area (Å²) in [6.45, 7) is 3.63. The molecule has 1 aliphatic heterocycles. The van der Waals surface area contributed by atoms with Crippen molar-refractivity contribution in [3.05, 3.63) is 0 Å². The molecular weight excluding hydrogens is 186 g/mol. The molecule has 3 aliphatic rings. The maximum absolute atomic E-state index is 10.5. The Balaban J connectivity index is 1.60. The molecule has 0 spiro atoms. The Kier molecular flexibility index (Phi) is 2.52. The van der Waals surface area contributed by atoms with Crippen molar-refractivity contribution in [1.82, 2.24) is 4.90 Å². The zero-order valence-corrected chi connectivity index (χ0v) is 9.62. The van der Waals surface area contributed by atoms with E-state index < -0.39 is 0 Å². The van der Waals surface area contributed by atoms with E-state index in [0.717, 1.165) is 25.3 Å². The van der Waals surface area contributed by atoms with E-state index in [0.29, 0.717) is 5.92 Å². The molecule has 0 aromatic heterocycles. The van der Waals surface area contributed by atoms with E-state index in [1.54, 1.807) is 0 Å². The van der Waals surface area contributed by atoms with Crippen LogP contribution in [0, 0.1) is 11.8 Å². The molecule has 0 amide bonds. The summed E-state index contributed by atoms with van der Waals surface area (Å²) in [6.07, 6.45) is 8.84. The van der Waals surface area contributed by atoms with Gasteiger partial charge in [0.2, 0.25) is 0 Å². The van der Waals surface area contributed by atoms with Crippen LogP contribution in [0.3, 0.4) is 0 Å². The van der Waals surface area contributed by atoms with Crippen LogP contribution >= 0.6 is 0 Å². The first-order chi connectivity index (χ1) is 7.26. The SMILES string of the molecule is OC12CCCCC1CN(CC1CC1)CC2. The van der Waals surface area contributed by atoms with Crippen LogP contribution in [0.1, 0.15) is 44.9 Å². The van der Waals surface area contributed by atoms with Gasteiger partial charge in [0.1, 0.15) is 0 Å². The van der Waals surface area contributed by atoms with Crippen molar-refractivity contribution in [2.75, 3.05) is 19.6 Å². The van der Waals surface area contributed by atoms with Crippen LogP contribution in [0.4, 0.5) is 0 Å². The van der Waals surface area contributed by atoms with Crippen LogP contribution in [-0.2, 0) is 0 Å². The first-order valence-corrected chi connectivity index (χ1v) is 6.71. The highest BCUT2D eigenvalue weighted by Crippen LogP contribution is 2.40. The zero-order valence-electron chi connectivity index (χ0n) is 9.62. The van der Waals surface area contributed by atoms with E-state index >= 15 is 0 Å². The predicted molar refractivity (Wildman–Crippen MR) is 60.7 cm³/mol. The van der Waals surface area contributed by atoms with Crippen molar-refractivity contribution in [3.8, 4) is 0 Å². The molecule has 1 N–H and O–H groups in total. The van der Waals surface area contributed by atoms with Gasteiger partial charge in [-0.1, -0.05) is 12.8 Å².